The summed E-state index contributed by atoms with van der Waals surface area (Å²) in [7, 11) is 1.69. The van der Waals surface area contributed by atoms with Crippen LogP contribution in [0.5, 0.6) is 0 Å². The fraction of sp³-hybridized carbons (Fsp3) is 0.571. The Hall–Kier alpha value is -1.37. The summed E-state index contributed by atoms with van der Waals surface area (Å²) in [6.07, 6.45) is 3.24. The molecule has 0 radical (unpaired) electrons. The maximum atomic E-state index is 6.23. The molecule has 0 aliphatic carbocycles. The number of hydrogen-bond donors (Lipinski definition) is 0. The number of morpholine rings is 1. The minimum atomic E-state index is 0.340. The summed E-state index contributed by atoms with van der Waals surface area (Å²) in [5.41, 5.74) is 2.79. The van der Waals surface area contributed by atoms with Gasteiger partial charge in [-0.25, -0.2) is 9.97 Å². The van der Waals surface area contributed by atoms with E-state index < -0.39 is 0 Å². The molecule has 2 aromatic rings. The Kier molecular flexibility index (Phi) is 3.24. The Balaban J connectivity index is 1.76. The van der Waals surface area contributed by atoms with Crippen LogP contribution in [0, 0.1) is 0 Å². The highest BCUT2D eigenvalue weighted by atomic mass is 35.5. The van der Waals surface area contributed by atoms with Gasteiger partial charge in [-0.1, -0.05) is 11.6 Å². The maximum absolute atomic E-state index is 6.23. The van der Waals surface area contributed by atoms with Crippen LogP contribution in [0.2, 0.25) is 5.15 Å². The fourth-order valence-electron chi connectivity index (χ4n) is 3.26. The van der Waals surface area contributed by atoms with E-state index in [-0.39, 0.29) is 0 Å². The number of hydrogen-bond acceptors (Lipinski definition) is 5. The van der Waals surface area contributed by atoms with Gasteiger partial charge >= 0.3 is 0 Å². The van der Waals surface area contributed by atoms with Gasteiger partial charge in [0.1, 0.15) is 10.7 Å². The first kappa shape index (κ1) is 13.3. The van der Waals surface area contributed by atoms with Crippen LogP contribution in [0.25, 0.3) is 11.2 Å². The van der Waals surface area contributed by atoms with Crippen molar-refractivity contribution in [3.8, 4) is 0 Å². The van der Waals surface area contributed by atoms with Crippen molar-refractivity contribution in [2.45, 2.75) is 25.1 Å². The Bertz CT molecular complexity index is 674. The number of rotatable bonds is 4. The monoisotopic (exact) mass is 308 g/mol. The number of halogens is 1. The molecule has 2 aliphatic heterocycles. The van der Waals surface area contributed by atoms with Crippen LogP contribution >= 0.6 is 11.6 Å². The Morgan fingerprint density at radius 1 is 1.52 bits per heavy atom. The number of pyridine rings is 1. The number of fused-ring (bicyclic) bond motifs is 3. The van der Waals surface area contributed by atoms with E-state index in [2.05, 4.69) is 14.9 Å². The number of methoxy groups -OCH3 is 1. The Morgan fingerprint density at radius 2 is 2.43 bits per heavy atom. The minimum absolute atomic E-state index is 0.340. The van der Waals surface area contributed by atoms with Crippen molar-refractivity contribution in [3.63, 3.8) is 0 Å². The molecule has 0 spiro atoms. The summed E-state index contributed by atoms with van der Waals surface area (Å²) in [6.45, 7) is 3.04. The van der Waals surface area contributed by atoms with Gasteiger partial charge in [-0.15, -0.1) is 0 Å². The minimum Gasteiger partial charge on any atom is -0.383 e. The van der Waals surface area contributed by atoms with Crippen LogP contribution in [0.4, 0.5) is 5.69 Å². The van der Waals surface area contributed by atoms with E-state index in [0.29, 0.717) is 23.9 Å². The lowest BCUT2D eigenvalue weighted by atomic mass is 10.2. The van der Waals surface area contributed by atoms with Crippen molar-refractivity contribution >= 4 is 28.5 Å². The van der Waals surface area contributed by atoms with E-state index >= 15 is 0 Å². The van der Waals surface area contributed by atoms with Crippen LogP contribution in [0.15, 0.2) is 12.4 Å². The maximum Gasteiger partial charge on any atom is 0.163 e. The molecule has 2 bridgehead atoms. The van der Waals surface area contributed by atoms with Gasteiger partial charge in [0, 0.05) is 26.3 Å². The summed E-state index contributed by atoms with van der Waals surface area (Å²) < 4.78 is 12.8. The average molecular weight is 309 g/mol. The summed E-state index contributed by atoms with van der Waals surface area (Å²) in [5.74, 6) is 0. The van der Waals surface area contributed by atoms with Crippen LogP contribution in [-0.4, -0.2) is 53.5 Å². The average Bonchev–Trinajstić information content (AvgIpc) is 3.19. The predicted molar refractivity (Wildman–Crippen MR) is 79.9 cm³/mol. The van der Waals surface area contributed by atoms with Gasteiger partial charge in [0.2, 0.25) is 0 Å². The van der Waals surface area contributed by atoms with Crippen molar-refractivity contribution in [2.75, 3.05) is 31.8 Å². The van der Waals surface area contributed by atoms with Crippen molar-refractivity contribution in [2.24, 2.45) is 0 Å². The first-order chi connectivity index (χ1) is 10.3. The first-order valence-corrected chi connectivity index (χ1v) is 7.52. The second kappa shape index (κ2) is 5.12. The SMILES string of the molecule is COCCn1cnc2c(N3C[C@H]4C[C@@H]3CO4)cc(Cl)nc21. The molecule has 0 N–H and O–H groups in total. The van der Waals surface area contributed by atoms with Crippen LogP contribution in [0.3, 0.4) is 0 Å². The summed E-state index contributed by atoms with van der Waals surface area (Å²) in [4.78, 5) is 11.3. The van der Waals surface area contributed by atoms with Gasteiger partial charge in [-0.3, -0.25) is 0 Å². The second-order valence-electron chi connectivity index (χ2n) is 5.56. The van der Waals surface area contributed by atoms with Gasteiger partial charge < -0.3 is 18.9 Å². The number of nitrogens with zero attached hydrogens (tertiary/aromatic N) is 4. The third kappa shape index (κ3) is 2.18. The van der Waals surface area contributed by atoms with Gasteiger partial charge in [0.25, 0.3) is 0 Å². The second-order valence-corrected chi connectivity index (χ2v) is 5.95. The third-order valence-electron chi connectivity index (χ3n) is 4.27. The normalized spacial score (nSPS) is 24.4. The van der Waals surface area contributed by atoms with E-state index in [0.717, 1.165) is 43.0 Å². The highest BCUT2D eigenvalue weighted by Crippen LogP contribution is 2.36. The Morgan fingerprint density at radius 3 is 3.14 bits per heavy atom. The van der Waals surface area contributed by atoms with Crippen molar-refractivity contribution in [3.05, 3.63) is 17.5 Å². The molecular formula is C14H17ClN4O2. The molecule has 21 heavy (non-hydrogen) atoms. The van der Waals surface area contributed by atoms with Gasteiger partial charge in [0.05, 0.1) is 37.4 Å². The number of ether oxygens (including phenoxy) is 2. The van der Waals surface area contributed by atoms with E-state index in [9.17, 15) is 0 Å². The number of imidazole rings is 1. The van der Waals surface area contributed by atoms with E-state index in [1.165, 1.54) is 0 Å². The molecular weight excluding hydrogens is 292 g/mol. The van der Waals surface area contributed by atoms with Crippen molar-refractivity contribution in [1.82, 2.24) is 14.5 Å². The lowest BCUT2D eigenvalue weighted by Gasteiger charge is -2.29. The first-order valence-electron chi connectivity index (χ1n) is 7.15. The van der Waals surface area contributed by atoms with Gasteiger partial charge in [-0.05, 0) is 6.42 Å². The summed E-state index contributed by atoms with van der Waals surface area (Å²) >= 11 is 6.23. The molecule has 4 rings (SSSR count). The van der Waals surface area contributed by atoms with Crippen molar-refractivity contribution in [1.29, 1.82) is 0 Å². The smallest absolute Gasteiger partial charge is 0.163 e. The molecule has 6 nitrogen and oxygen atoms in total. The van der Waals surface area contributed by atoms with Crippen LogP contribution in [-0.2, 0) is 16.0 Å². The molecule has 0 unspecified atom stereocenters. The molecule has 112 valence electrons. The van der Waals surface area contributed by atoms with Crippen molar-refractivity contribution < 1.29 is 9.47 Å². The summed E-state index contributed by atoms with van der Waals surface area (Å²) in [5, 5.41) is 0.500. The highest BCUT2D eigenvalue weighted by molar-refractivity contribution is 6.30. The Labute approximate surface area is 127 Å². The molecule has 0 amide bonds. The third-order valence-corrected chi connectivity index (χ3v) is 4.46. The molecule has 4 heterocycles. The zero-order chi connectivity index (χ0) is 14.4. The highest BCUT2D eigenvalue weighted by Gasteiger charge is 2.40. The predicted octanol–water partition coefficient (Wildman–Crippen LogP) is 1.71. The zero-order valence-electron chi connectivity index (χ0n) is 11.8. The van der Waals surface area contributed by atoms with E-state index in [4.69, 9.17) is 21.1 Å². The zero-order valence-corrected chi connectivity index (χ0v) is 12.6. The number of aromatic nitrogens is 3. The van der Waals surface area contributed by atoms with E-state index in [1.54, 1.807) is 13.4 Å². The molecule has 2 fully saturated rings. The lowest BCUT2D eigenvalue weighted by Crippen LogP contribution is -2.37. The molecule has 2 saturated heterocycles. The molecule has 0 aromatic carbocycles. The standard InChI is InChI=1S/C14H17ClN4O2/c1-20-3-2-18-8-16-13-11(5-12(15)17-14(13)18)19-6-10-4-9(19)7-21-10/h5,8-10H,2-4,6-7H2,1H3/t9-,10-/m1/s1. The number of anilines is 1. The van der Waals surface area contributed by atoms with E-state index in [1.807, 2.05) is 10.6 Å². The molecule has 0 saturated carbocycles. The largest absolute Gasteiger partial charge is 0.383 e. The lowest BCUT2D eigenvalue weighted by molar-refractivity contribution is 0.0992. The quantitative estimate of drug-likeness (QED) is 0.805. The topological polar surface area (TPSA) is 52.4 Å². The molecule has 2 atom stereocenters. The molecule has 2 aliphatic rings. The van der Waals surface area contributed by atoms with Gasteiger partial charge in [0.15, 0.2) is 5.65 Å². The van der Waals surface area contributed by atoms with Gasteiger partial charge in [-0.2, -0.15) is 0 Å². The van der Waals surface area contributed by atoms with Crippen LogP contribution in [0.1, 0.15) is 6.42 Å². The van der Waals surface area contributed by atoms with Crippen LogP contribution < -0.4 is 4.90 Å². The molecule has 2 aromatic heterocycles. The molecule has 7 heteroatoms. The summed E-state index contributed by atoms with van der Waals surface area (Å²) in [6, 6.07) is 2.35. The fourth-order valence-corrected chi connectivity index (χ4v) is 3.44.